The topological polar surface area (TPSA) is 36.7 Å². The summed E-state index contributed by atoms with van der Waals surface area (Å²) in [7, 11) is 0. The van der Waals surface area contributed by atoms with Crippen molar-refractivity contribution in [3.05, 3.63) is 49.0 Å². The first kappa shape index (κ1) is 14.7. The molecule has 0 aliphatic carbocycles. The second-order valence-corrected chi connectivity index (χ2v) is 5.35. The molecule has 0 amide bonds. The molecule has 19 heavy (non-hydrogen) atoms. The summed E-state index contributed by atoms with van der Waals surface area (Å²) < 4.78 is 0. The van der Waals surface area contributed by atoms with Gasteiger partial charge in [0.2, 0.25) is 0 Å². The van der Waals surface area contributed by atoms with Crippen LogP contribution in [-0.4, -0.2) is 4.98 Å². The van der Waals surface area contributed by atoms with Gasteiger partial charge in [-0.05, 0) is 12.1 Å². The zero-order valence-corrected chi connectivity index (χ0v) is 12.8. The molecule has 2 nitrogen and oxygen atoms in total. The van der Waals surface area contributed by atoms with Gasteiger partial charge in [0.25, 0.3) is 0 Å². The van der Waals surface area contributed by atoms with Gasteiger partial charge in [-0.2, -0.15) is 5.26 Å². The maximum Gasteiger partial charge on any atom is 0.101 e. The Morgan fingerprint density at radius 3 is 1.95 bits per heavy atom. The number of nitrogens with zero attached hydrogens (tertiary/aromatic N) is 2. The zero-order chi connectivity index (χ0) is 14.2. The summed E-state index contributed by atoms with van der Waals surface area (Å²) in [5.41, 5.74) is 0.904. The molecule has 1 aromatic heterocycles. The first-order valence-electron chi connectivity index (χ1n) is 4.86. The van der Waals surface area contributed by atoms with E-state index < -0.39 is 0 Å². The Balaban J connectivity index is 2.88. The maximum absolute atomic E-state index is 9.09. The minimum Gasteiger partial charge on any atom is -0.255 e. The predicted molar refractivity (Wildman–Crippen MR) is 79.4 cm³/mol. The van der Waals surface area contributed by atoms with Gasteiger partial charge in [0.05, 0.1) is 36.4 Å². The molecule has 0 saturated heterocycles. The highest BCUT2D eigenvalue weighted by Crippen LogP contribution is 2.48. The molecule has 0 bridgehead atoms. The van der Waals surface area contributed by atoms with E-state index in [1.54, 1.807) is 12.1 Å². The van der Waals surface area contributed by atoms with Crippen molar-refractivity contribution < 1.29 is 0 Å². The van der Waals surface area contributed by atoms with Crippen molar-refractivity contribution in [1.29, 1.82) is 5.26 Å². The van der Waals surface area contributed by atoms with Gasteiger partial charge in [-0.25, -0.2) is 0 Å². The first-order chi connectivity index (χ1) is 8.99. The van der Waals surface area contributed by atoms with Crippen molar-refractivity contribution in [2.75, 3.05) is 0 Å². The SMILES string of the molecule is N#Cc1cccnc1-c1c(Cl)c(Cl)c(Cl)c(Cl)c1Cl. The molecular formula is C12H3Cl5N2. The lowest BCUT2D eigenvalue weighted by Crippen LogP contribution is -1.92. The van der Waals surface area contributed by atoms with Crippen molar-refractivity contribution in [3.63, 3.8) is 0 Å². The highest BCUT2D eigenvalue weighted by Gasteiger charge is 2.22. The molecule has 0 radical (unpaired) electrons. The standard InChI is InChI=1S/C12H3Cl5N2/c13-7-6(8(14)10(16)11(17)9(7)15)12-5(4-18)2-1-3-19-12/h1-3H. The van der Waals surface area contributed by atoms with Gasteiger partial charge in [0.15, 0.2) is 0 Å². The highest BCUT2D eigenvalue weighted by atomic mass is 35.5. The van der Waals surface area contributed by atoms with E-state index in [1.165, 1.54) is 6.20 Å². The van der Waals surface area contributed by atoms with Crippen LogP contribution in [0.2, 0.25) is 25.1 Å². The van der Waals surface area contributed by atoms with Gasteiger partial charge in [0.1, 0.15) is 6.07 Å². The van der Waals surface area contributed by atoms with Crippen LogP contribution < -0.4 is 0 Å². The first-order valence-corrected chi connectivity index (χ1v) is 6.75. The van der Waals surface area contributed by atoms with Crippen LogP contribution in [0.1, 0.15) is 5.56 Å². The monoisotopic (exact) mass is 350 g/mol. The Labute approximate surface area is 134 Å². The van der Waals surface area contributed by atoms with Crippen molar-refractivity contribution in [3.8, 4) is 17.3 Å². The van der Waals surface area contributed by atoms with Crippen LogP contribution in [0.3, 0.4) is 0 Å². The minimum atomic E-state index is 0.0662. The lowest BCUT2D eigenvalue weighted by molar-refractivity contribution is 1.30. The number of hydrogen-bond donors (Lipinski definition) is 0. The van der Waals surface area contributed by atoms with Gasteiger partial charge in [-0.1, -0.05) is 58.0 Å². The summed E-state index contributed by atoms with van der Waals surface area (Å²) in [5.74, 6) is 0. The number of rotatable bonds is 1. The number of pyridine rings is 1. The number of nitriles is 1. The van der Waals surface area contributed by atoms with Crippen LogP contribution in [0, 0.1) is 11.3 Å². The molecular weight excluding hydrogens is 349 g/mol. The van der Waals surface area contributed by atoms with E-state index in [-0.39, 0.29) is 25.1 Å². The van der Waals surface area contributed by atoms with E-state index in [2.05, 4.69) is 4.98 Å². The fourth-order valence-electron chi connectivity index (χ4n) is 1.51. The Hall–Kier alpha value is -0.690. The molecule has 7 heteroatoms. The minimum absolute atomic E-state index is 0.0662. The number of halogens is 5. The van der Waals surface area contributed by atoms with Crippen molar-refractivity contribution >= 4 is 58.0 Å². The van der Waals surface area contributed by atoms with E-state index >= 15 is 0 Å². The van der Waals surface area contributed by atoms with Gasteiger partial charge >= 0.3 is 0 Å². The number of aromatic nitrogens is 1. The van der Waals surface area contributed by atoms with E-state index in [4.69, 9.17) is 63.3 Å². The van der Waals surface area contributed by atoms with Crippen molar-refractivity contribution in [2.45, 2.75) is 0 Å². The maximum atomic E-state index is 9.09. The van der Waals surface area contributed by atoms with Crippen LogP contribution in [0.5, 0.6) is 0 Å². The lowest BCUT2D eigenvalue weighted by atomic mass is 10.1. The normalized spacial score (nSPS) is 10.3. The Kier molecular flexibility index (Phi) is 4.45. The third-order valence-corrected chi connectivity index (χ3v) is 4.65. The van der Waals surface area contributed by atoms with Crippen LogP contribution in [-0.2, 0) is 0 Å². The van der Waals surface area contributed by atoms with E-state index in [0.717, 1.165) is 0 Å². The Morgan fingerprint density at radius 1 is 0.895 bits per heavy atom. The molecule has 0 saturated carbocycles. The lowest BCUT2D eigenvalue weighted by Gasteiger charge is -2.12. The third-order valence-electron chi connectivity index (χ3n) is 2.37. The smallest absolute Gasteiger partial charge is 0.101 e. The van der Waals surface area contributed by atoms with Crippen LogP contribution >= 0.6 is 58.0 Å². The van der Waals surface area contributed by atoms with Gasteiger partial charge in [-0.15, -0.1) is 0 Å². The molecule has 2 rings (SSSR count). The van der Waals surface area contributed by atoms with Gasteiger partial charge in [0, 0.05) is 11.8 Å². The second-order valence-electron chi connectivity index (χ2n) is 3.46. The number of benzene rings is 1. The van der Waals surface area contributed by atoms with E-state index in [1.807, 2.05) is 6.07 Å². The number of hydrogen-bond acceptors (Lipinski definition) is 2. The summed E-state index contributed by atoms with van der Waals surface area (Å²) in [6.45, 7) is 0. The molecule has 0 N–H and O–H groups in total. The largest absolute Gasteiger partial charge is 0.255 e. The summed E-state index contributed by atoms with van der Waals surface area (Å²) in [6, 6.07) is 5.22. The zero-order valence-electron chi connectivity index (χ0n) is 9.02. The molecule has 0 atom stereocenters. The summed E-state index contributed by atoms with van der Waals surface area (Å²) in [6.07, 6.45) is 1.51. The highest BCUT2D eigenvalue weighted by molar-refractivity contribution is 6.56. The Bertz CT molecular complexity index is 677. The average molecular weight is 352 g/mol. The fraction of sp³-hybridized carbons (Fsp3) is 0. The molecule has 0 aliphatic rings. The fourth-order valence-corrected chi connectivity index (χ4v) is 2.82. The summed E-state index contributed by atoms with van der Waals surface area (Å²) in [5, 5.41) is 9.51. The molecule has 2 aromatic rings. The average Bonchev–Trinajstić information content (AvgIpc) is 2.44. The van der Waals surface area contributed by atoms with Gasteiger partial charge in [-0.3, -0.25) is 4.98 Å². The molecule has 1 aromatic carbocycles. The van der Waals surface area contributed by atoms with Crippen LogP contribution in [0.4, 0.5) is 0 Å². The summed E-state index contributed by atoms with van der Waals surface area (Å²) >= 11 is 30.1. The second kappa shape index (κ2) is 5.75. The molecule has 0 aliphatic heterocycles. The van der Waals surface area contributed by atoms with E-state index in [9.17, 15) is 0 Å². The quantitative estimate of drug-likeness (QED) is 0.474. The third kappa shape index (κ3) is 2.50. The molecule has 0 fully saturated rings. The molecule has 1 heterocycles. The Morgan fingerprint density at radius 2 is 1.42 bits per heavy atom. The van der Waals surface area contributed by atoms with Crippen molar-refractivity contribution in [2.24, 2.45) is 0 Å². The summed E-state index contributed by atoms with van der Waals surface area (Å²) in [4.78, 5) is 4.10. The van der Waals surface area contributed by atoms with E-state index in [0.29, 0.717) is 16.8 Å². The molecule has 96 valence electrons. The van der Waals surface area contributed by atoms with Crippen LogP contribution in [0.15, 0.2) is 18.3 Å². The van der Waals surface area contributed by atoms with Crippen molar-refractivity contribution in [1.82, 2.24) is 4.98 Å². The van der Waals surface area contributed by atoms with Crippen LogP contribution in [0.25, 0.3) is 11.3 Å². The van der Waals surface area contributed by atoms with Gasteiger partial charge < -0.3 is 0 Å². The molecule has 0 spiro atoms. The predicted octanol–water partition coefficient (Wildman–Crippen LogP) is 5.89. The molecule has 0 unspecified atom stereocenters.